The number of ether oxygens (including phenoxy) is 1. The number of anilines is 1. The second kappa shape index (κ2) is 8.50. The van der Waals surface area contributed by atoms with E-state index < -0.39 is 32.7 Å². The fraction of sp³-hybridized carbons (Fsp3) is 0.300. The van der Waals surface area contributed by atoms with Crippen LogP contribution in [0, 0.1) is 5.82 Å². The van der Waals surface area contributed by atoms with E-state index in [1.165, 1.54) is 10.4 Å². The van der Waals surface area contributed by atoms with Gasteiger partial charge in [0.05, 0.1) is 18.9 Å². The highest BCUT2D eigenvalue weighted by atomic mass is 32.2. The van der Waals surface area contributed by atoms with Gasteiger partial charge >= 0.3 is 0 Å². The molecule has 2 aliphatic rings. The minimum atomic E-state index is -4.04. The maximum absolute atomic E-state index is 14.3. The van der Waals surface area contributed by atoms with E-state index in [9.17, 15) is 17.6 Å². The summed E-state index contributed by atoms with van der Waals surface area (Å²) in [4.78, 5) is 17.3. The van der Waals surface area contributed by atoms with Crippen LogP contribution in [0.3, 0.4) is 0 Å². The maximum atomic E-state index is 14.3. The average molecular weight is 433 g/mol. The van der Waals surface area contributed by atoms with Crippen LogP contribution in [0.25, 0.3) is 0 Å². The molecule has 158 valence electrons. The van der Waals surface area contributed by atoms with Crippen molar-refractivity contribution in [2.24, 2.45) is 5.16 Å². The van der Waals surface area contributed by atoms with E-state index in [1.54, 1.807) is 0 Å². The topological polar surface area (TPSA) is 97.3 Å². The molecule has 2 heterocycles. The third kappa shape index (κ3) is 4.20. The van der Waals surface area contributed by atoms with Gasteiger partial charge in [-0.25, -0.2) is 12.8 Å². The van der Waals surface area contributed by atoms with Crippen LogP contribution in [0.4, 0.5) is 10.1 Å². The van der Waals surface area contributed by atoms with Gasteiger partial charge in [-0.05, 0) is 23.8 Å². The Morgan fingerprint density at radius 3 is 2.60 bits per heavy atom. The van der Waals surface area contributed by atoms with Crippen molar-refractivity contribution in [3.63, 3.8) is 0 Å². The molecule has 2 aliphatic heterocycles. The highest BCUT2D eigenvalue weighted by molar-refractivity contribution is 7.89. The summed E-state index contributed by atoms with van der Waals surface area (Å²) in [5.41, 5.74) is 1.66. The van der Waals surface area contributed by atoms with Crippen LogP contribution >= 0.6 is 0 Å². The van der Waals surface area contributed by atoms with Gasteiger partial charge in [0, 0.05) is 25.2 Å². The van der Waals surface area contributed by atoms with E-state index >= 15 is 0 Å². The Morgan fingerprint density at radius 2 is 1.87 bits per heavy atom. The van der Waals surface area contributed by atoms with Crippen molar-refractivity contribution in [2.75, 3.05) is 31.6 Å². The fourth-order valence-electron chi connectivity index (χ4n) is 3.25. The molecule has 1 N–H and O–H groups in total. The normalized spacial score (nSPS) is 19.8. The molecular weight excluding hydrogens is 413 g/mol. The molecule has 0 radical (unpaired) electrons. The van der Waals surface area contributed by atoms with Crippen molar-refractivity contribution >= 4 is 27.3 Å². The fourth-order valence-corrected chi connectivity index (χ4v) is 4.74. The summed E-state index contributed by atoms with van der Waals surface area (Å²) in [5, 5.41) is 6.55. The zero-order valence-electron chi connectivity index (χ0n) is 16.0. The molecule has 10 heteroatoms. The molecule has 0 spiro atoms. The number of benzene rings is 2. The molecule has 8 nitrogen and oxygen atoms in total. The van der Waals surface area contributed by atoms with Crippen molar-refractivity contribution in [2.45, 2.75) is 17.4 Å². The Bertz CT molecular complexity index is 1070. The van der Waals surface area contributed by atoms with Gasteiger partial charge in [0.2, 0.25) is 16.1 Å². The molecule has 2 aromatic rings. The van der Waals surface area contributed by atoms with Crippen LogP contribution in [0.1, 0.15) is 12.0 Å². The van der Waals surface area contributed by atoms with Gasteiger partial charge < -0.3 is 14.9 Å². The van der Waals surface area contributed by atoms with Crippen molar-refractivity contribution in [1.82, 2.24) is 4.31 Å². The molecule has 0 bridgehead atoms. The quantitative estimate of drug-likeness (QED) is 0.778. The number of sulfonamides is 1. The summed E-state index contributed by atoms with van der Waals surface area (Å²) < 4.78 is 46.2. The smallest absolute Gasteiger partial charge is 0.268 e. The van der Waals surface area contributed by atoms with Crippen LogP contribution in [-0.2, 0) is 24.4 Å². The van der Waals surface area contributed by atoms with E-state index in [4.69, 9.17) is 9.57 Å². The molecule has 1 fully saturated rings. The first-order valence-corrected chi connectivity index (χ1v) is 10.9. The number of carbonyl (C=O) groups excluding carboxylic acids is 1. The van der Waals surface area contributed by atoms with Crippen LogP contribution in [0.5, 0.6) is 0 Å². The monoisotopic (exact) mass is 433 g/mol. The molecule has 30 heavy (non-hydrogen) atoms. The van der Waals surface area contributed by atoms with E-state index in [0.717, 1.165) is 17.7 Å². The van der Waals surface area contributed by atoms with Gasteiger partial charge in [-0.1, -0.05) is 35.5 Å². The molecule has 0 saturated carbocycles. The first kappa shape index (κ1) is 20.5. The summed E-state index contributed by atoms with van der Waals surface area (Å²) in [6.07, 6.45) is -0.583. The van der Waals surface area contributed by atoms with Crippen LogP contribution in [0.15, 0.2) is 58.6 Å². The SMILES string of the molecule is O=C(Nc1ccc(F)c(S(=O)(=O)N2CCOCC2)c1)C1CC(c2ccccc2)=NO1. The van der Waals surface area contributed by atoms with Gasteiger partial charge in [0.1, 0.15) is 10.7 Å². The number of nitrogens with one attached hydrogen (secondary N) is 1. The Morgan fingerprint density at radius 1 is 1.13 bits per heavy atom. The Kier molecular flexibility index (Phi) is 5.80. The van der Waals surface area contributed by atoms with Crippen LogP contribution in [0.2, 0.25) is 0 Å². The number of amides is 1. The number of oxime groups is 1. The Hall–Kier alpha value is -2.82. The van der Waals surface area contributed by atoms with E-state index in [1.807, 2.05) is 30.3 Å². The number of halogens is 1. The molecule has 1 amide bonds. The second-order valence-electron chi connectivity index (χ2n) is 6.85. The number of carbonyl (C=O) groups is 1. The lowest BCUT2D eigenvalue weighted by Gasteiger charge is -2.26. The van der Waals surface area contributed by atoms with E-state index in [2.05, 4.69) is 10.5 Å². The third-order valence-corrected chi connectivity index (χ3v) is 6.77. The summed E-state index contributed by atoms with van der Waals surface area (Å²) in [7, 11) is -4.04. The van der Waals surface area contributed by atoms with Crippen molar-refractivity contribution in [1.29, 1.82) is 0 Å². The van der Waals surface area contributed by atoms with Gasteiger partial charge in [-0.15, -0.1) is 0 Å². The van der Waals surface area contributed by atoms with Gasteiger partial charge in [0.15, 0.2) is 0 Å². The average Bonchev–Trinajstić information content (AvgIpc) is 3.27. The van der Waals surface area contributed by atoms with E-state index in [-0.39, 0.29) is 38.4 Å². The first-order valence-electron chi connectivity index (χ1n) is 9.41. The first-order chi connectivity index (χ1) is 14.4. The maximum Gasteiger partial charge on any atom is 0.268 e. The lowest BCUT2D eigenvalue weighted by atomic mass is 10.0. The molecule has 4 rings (SSSR count). The molecule has 0 aromatic heterocycles. The van der Waals surface area contributed by atoms with Gasteiger partial charge in [-0.2, -0.15) is 4.31 Å². The number of hydrogen-bond acceptors (Lipinski definition) is 6. The molecule has 1 saturated heterocycles. The zero-order valence-corrected chi connectivity index (χ0v) is 16.8. The second-order valence-corrected chi connectivity index (χ2v) is 8.76. The van der Waals surface area contributed by atoms with Crippen molar-refractivity contribution < 1.29 is 27.2 Å². The van der Waals surface area contributed by atoms with Crippen molar-refractivity contribution in [3.05, 3.63) is 59.9 Å². The molecule has 0 aliphatic carbocycles. The van der Waals surface area contributed by atoms with Crippen LogP contribution < -0.4 is 5.32 Å². The number of morpholine rings is 1. The van der Waals surface area contributed by atoms with Crippen LogP contribution in [-0.4, -0.2) is 56.7 Å². The number of nitrogens with zero attached hydrogens (tertiary/aromatic N) is 2. The summed E-state index contributed by atoms with van der Waals surface area (Å²) in [6, 6.07) is 12.8. The zero-order chi connectivity index (χ0) is 21.1. The molecule has 2 aromatic carbocycles. The van der Waals surface area contributed by atoms with Gasteiger partial charge in [0.25, 0.3) is 5.91 Å². The minimum Gasteiger partial charge on any atom is -0.382 e. The third-order valence-electron chi connectivity index (χ3n) is 4.85. The predicted octanol–water partition coefficient (Wildman–Crippen LogP) is 1.98. The summed E-state index contributed by atoms with van der Waals surface area (Å²) >= 11 is 0. The van der Waals surface area contributed by atoms with Crippen molar-refractivity contribution in [3.8, 4) is 0 Å². The molecule has 1 unspecified atom stereocenters. The van der Waals surface area contributed by atoms with Gasteiger partial charge in [-0.3, -0.25) is 4.79 Å². The Balaban J connectivity index is 1.47. The highest BCUT2D eigenvalue weighted by Gasteiger charge is 2.31. The standard InChI is InChI=1S/C20H20FN3O5S/c21-16-7-6-15(12-19(16)30(26,27)24-8-10-28-11-9-24)22-20(25)18-13-17(23-29-18)14-4-2-1-3-5-14/h1-7,12,18H,8-11,13H2,(H,22,25). The lowest BCUT2D eigenvalue weighted by molar-refractivity contribution is -0.125. The minimum absolute atomic E-state index is 0.147. The molecular formula is C20H20FN3O5S. The predicted molar refractivity (Wildman–Crippen MR) is 107 cm³/mol. The largest absolute Gasteiger partial charge is 0.382 e. The summed E-state index contributed by atoms with van der Waals surface area (Å²) in [6.45, 7) is 0.793. The lowest BCUT2D eigenvalue weighted by Crippen LogP contribution is -2.41. The highest BCUT2D eigenvalue weighted by Crippen LogP contribution is 2.25. The Labute approximate surface area is 173 Å². The molecule has 1 atom stereocenters. The summed E-state index contributed by atoms with van der Waals surface area (Å²) in [5.74, 6) is -1.38. The number of hydrogen-bond donors (Lipinski definition) is 1. The van der Waals surface area contributed by atoms with E-state index in [0.29, 0.717) is 5.71 Å². The number of rotatable bonds is 5.